The van der Waals surface area contributed by atoms with E-state index in [2.05, 4.69) is 10.1 Å². The van der Waals surface area contributed by atoms with E-state index in [9.17, 15) is 4.79 Å². The molecule has 0 aliphatic heterocycles. The molecule has 1 rings (SSSR count). The summed E-state index contributed by atoms with van der Waals surface area (Å²) in [4.78, 5) is 11.2. The van der Waals surface area contributed by atoms with Crippen LogP contribution in [0.3, 0.4) is 0 Å². The zero-order chi connectivity index (χ0) is 12.8. The Kier molecular flexibility index (Phi) is 4.82. The summed E-state index contributed by atoms with van der Waals surface area (Å²) in [5, 5.41) is 3.22. The summed E-state index contributed by atoms with van der Waals surface area (Å²) >= 11 is 0. The number of aryl methyl sites for hydroxylation is 1. The largest absolute Gasteiger partial charge is 0.497 e. The van der Waals surface area contributed by atoms with Crippen molar-refractivity contribution >= 4 is 11.7 Å². The number of benzene rings is 1. The van der Waals surface area contributed by atoms with Gasteiger partial charge < -0.3 is 14.8 Å². The first kappa shape index (κ1) is 13.4. The highest BCUT2D eigenvalue weighted by Gasteiger charge is 2.12. The number of ether oxygens (including phenoxy) is 2. The van der Waals surface area contributed by atoms with Gasteiger partial charge in [0.05, 0.1) is 20.1 Å². The third-order valence-electron chi connectivity index (χ3n) is 2.64. The molecule has 0 saturated heterocycles. The minimum Gasteiger partial charge on any atom is -0.497 e. The van der Waals surface area contributed by atoms with Crippen molar-refractivity contribution in [2.45, 2.75) is 13.8 Å². The molecule has 4 heteroatoms. The second-order valence-corrected chi connectivity index (χ2v) is 3.99. The summed E-state index contributed by atoms with van der Waals surface area (Å²) in [5.74, 6) is 0.458. The molecule has 0 aliphatic rings. The molecule has 0 spiro atoms. The van der Waals surface area contributed by atoms with Crippen LogP contribution in [0.1, 0.15) is 12.5 Å². The first-order valence-electron chi connectivity index (χ1n) is 5.54. The Morgan fingerprint density at radius 1 is 1.41 bits per heavy atom. The van der Waals surface area contributed by atoms with Crippen LogP contribution in [0.4, 0.5) is 5.69 Å². The molecule has 1 atom stereocenters. The van der Waals surface area contributed by atoms with E-state index in [0.29, 0.717) is 6.54 Å². The molecule has 0 aromatic heterocycles. The highest BCUT2D eigenvalue weighted by molar-refractivity contribution is 5.72. The molecule has 0 fully saturated rings. The summed E-state index contributed by atoms with van der Waals surface area (Å²) in [6, 6.07) is 5.78. The summed E-state index contributed by atoms with van der Waals surface area (Å²) < 4.78 is 9.80. The Bertz CT molecular complexity index is 390. The van der Waals surface area contributed by atoms with Crippen molar-refractivity contribution in [2.75, 3.05) is 26.1 Å². The summed E-state index contributed by atoms with van der Waals surface area (Å²) in [6.45, 7) is 4.38. The minimum atomic E-state index is -0.205. The van der Waals surface area contributed by atoms with Crippen LogP contribution < -0.4 is 10.1 Å². The van der Waals surface area contributed by atoms with Gasteiger partial charge in [-0.15, -0.1) is 0 Å². The van der Waals surface area contributed by atoms with Gasteiger partial charge in [-0.05, 0) is 30.7 Å². The van der Waals surface area contributed by atoms with Crippen molar-refractivity contribution < 1.29 is 14.3 Å². The number of anilines is 1. The Labute approximate surface area is 102 Å². The predicted molar refractivity (Wildman–Crippen MR) is 67.4 cm³/mol. The highest BCUT2D eigenvalue weighted by Crippen LogP contribution is 2.21. The zero-order valence-corrected chi connectivity index (χ0v) is 10.7. The fraction of sp³-hybridized carbons (Fsp3) is 0.462. The molecular weight excluding hydrogens is 218 g/mol. The first-order valence-corrected chi connectivity index (χ1v) is 5.54. The standard InChI is InChI=1S/C13H19NO3/c1-9-7-11(16-3)5-6-12(9)14-8-10(2)13(15)17-4/h5-7,10,14H,8H2,1-4H3. The van der Waals surface area contributed by atoms with Gasteiger partial charge >= 0.3 is 5.97 Å². The molecule has 0 aliphatic carbocycles. The number of esters is 1. The van der Waals surface area contributed by atoms with E-state index in [-0.39, 0.29) is 11.9 Å². The van der Waals surface area contributed by atoms with Crippen molar-refractivity contribution in [3.8, 4) is 5.75 Å². The van der Waals surface area contributed by atoms with Gasteiger partial charge in [0.1, 0.15) is 5.75 Å². The van der Waals surface area contributed by atoms with Gasteiger partial charge in [0.15, 0.2) is 0 Å². The quantitative estimate of drug-likeness (QED) is 0.798. The molecule has 0 radical (unpaired) electrons. The predicted octanol–water partition coefficient (Wildman–Crippen LogP) is 2.22. The maximum atomic E-state index is 11.2. The SMILES string of the molecule is COC(=O)C(C)CNc1ccc(OC)cc1C. The maximum absolute atomic E-state index is 11.2. The average Bonchev–Trinajstić information content (AvgIpc) is 2.35. The molecule has 0 heterocycles. The Morgan fingerprint density at radius 2 is 2.12 bits per heavy atom. The topological polar surface area (TPSA) is 47.6 Å². The Morgan fingerprint density at radius 3 is 2.65 bits per heavy atom. The van der Waals surface area contributed by atoms with Crippen LogP contribution in [0, 0.1) is 12.8 Å². The molecule has 0 saturated carbocycles. The van der Waals surface area contributed by atoms with Crippen LogP contribution in [-0.2, 0) is 9.53 Å². The molecule has 1 aromatic carbocycles. The van der Waals surface area contributed by atoms with Gasteiger partial charge in [-0.1, -0.05) is 6.92 Å². The van der Waals surface area contributed by atoms with E-state index in [0.717, 1.165) is 17.0 Å². The van der Waals surface area contributed by atoms with Gasteiger partial charge in [0.2, 0.25) is 0 Å². The van der Waals surface area contributed by atoms with Crippen LogP contribution in [0.5, 0.6) is 5.75 Å². The number of hydrogen-bond donors (Lipinski definition) is 1. The lowest BCUT2D eigenvalue weighted by atomic mass is 10.1. The molecule has 4 nitrogen and oxygen atoms in total. The van der Waals surface area contributed by atoms with Crippen molar-refractivity contribution in [1.29, 1.82) is 0 Å². The van der Waals surface area contributed by atoms with E-state index in [1.165, 1.54) is 7.11 Å². The average molecular weight is 237 g/mol. The molecule has 1 N–H and O–H groups in total. The van der Waals surface area contributed by atoms with Crippen molar-refractivity contribution in [2.24, 2.45) is 5.92 Å². The third-order valence-corrected chi connectivity index (χ3v) is 2.64. The molecule has 1 aromatic rings. The Balaban J connectivity index is 2.60. The lowest BCUT2D eigenvalue weighted by Gasteiger charge is -2.14. The Hall–Kier alpha value is -1.71. The lowest BCUT2D eigenvalue weighted by molar-refractivity contribution is -0.144. The lowest BCUT2D eigenvalue weighted by Crippen LogP contribution is -2.21. The van der Waals surface area contributed by atoms with Crippen molar-refractivity contribution in [3.63, 3.8) is 0 Å². The van der Waals surface area contributed by atoms with Crippen LogP contribution in [0.2, 0.25) is 0 Å². The highest BCUT2D eigenvalue weighted by atomic mass is 16.5. The van der Waals surface area contributed by atoms with Gasteiger partial charge in [0.25, 0.3) is 0 Å². The smallest absolute Gasteiger partial charge is 0.310 e. The first-order chi connectivity index (χ1) is 8.08. The number of rotatable bonds is 5. The van der Waals surface area contributed by atoms with Crippen molar-refractivity contribution in [3.05, 3.63) is 23.8 Å². The number of hydrogen-bond acceptors (Lipinski definition) is 4. The van der Waals surface area contributed by atoms with Crippen LogP contribution in [0.25, 0.3) is 0 Å². The number of carbonyl (C=O) groups excluding carboxylic acids is 1. The van der Waals surface area contributed by atoms with Crippen LogP contribution in [-0.4, -0.2) is 26.7 Å². The number of carbonyl (C=O) groups is 1. The van der Waals surface area contributed by atoms with E-state index >= 15 is 0 Å². The molecule has 0 amide bonds. The van der Waals surface area contributed by atoms with E-state index in [1.54, 1.807) is 7.11 Å². The number of nitrogens with one attached hydrogen (secondary N) is 1. The normalized spacial score (nSPS) is 11.8. The minimum absolute atomic E-state index is 0.165. The van der Waals surface area contributed by atoms with E-state index < -0.39 is 0 Å². The van der Waals surface area contributed by atoms with Gasteiger partial charge in [-0.3, -0.25) is 4.79 Å². The molecule has 1 unspecified atom stereocenters. The maximum Gasteiger partial charge on any atom is 0.310 e. The zero-order valence-electron chi connectivity index (χ0n) is 10.7. The summed E-state index contributed by atoms with van der Waals surface area (Å²) in [5.41, 5.74) is 2.09. The molecular formula is C13H19NO3. The second kappa shape index (κ2) is 6.13. The van der Waals surface area contributed by atoms with Crippen LogP contribution in [0.15, 0.2) is 18.2 Å². The van der Waals surface area contributed by atoms with Gasteiger partial charge in [-0.25, -0.2) is 0 Å². The molecule has 94 valence electrons. The van der Waals surface area contributed by atoms with Crippen LogP contribution >= 0.6 is 0 Å². The number of methoxy groups -OCH3 is 2. The van der Waals surface area contributed by atoms with Crippen molar-refractivity contribution in [1.82, 2.24) is 0 Å². The molecule has 17 heavy (non-hydrogen) atoms. The van der Waals surface area contributed by atoms with E-state index in [4.69, 9.17) is 4.74 Å². The monoisotopic (exact) mass is 237 g/mol. The second-order valence-electron chi connectivity index (χ2n) is 3.99. The fourth-order valence-corrected chi connectivity index (χ4v) is 1.51. The fourth-order valence-electron chi connectivity index (χ4n) is 1.51. The third kappa shape index (κ3) is 3.66. The van der Waals surface area contributed by atoms with E-state index in [1.807, 2.05) is 32.0 Å². The van der Waals surface area contributed by atoms with Gasteiger partial charge in [-0.2, -0.15) is 0 Å². The van der Waals surface area contributed by atoms with Gasteiger partial charge in [0, 0.05) is 12.2 Å². The summed E-state index contributed by atoms with van der Waals surface area (Å²) in [6.07, 6.45) is 0. The molecule has 0 bridgehead atoms. The summed E-state index contributed by atoms with van der Waals surface area (Å²) in [7, 11) is 3.04.